The highest BCUT2D eigenvalue weighted by atomic mass is 16.4. The summed E-state index contributed by atoms with van der Waals surface area (Å²) in [6, 6.07) is 15.4. The van der Waals surface area contributed by atoms with Gasteiger partial charge in [-0.3, -0.25) is 4.79 Å². The van der Waals surface area contributed by atoms with Crippen LogP contribution in [0.15, 0.2) is 60.3 Å². The minimum Gasteiger partial charge on any atom is -0.478 e. The molecule has 0 aliphatic heterocycles. The van der Waals surface area contributed by atoms with Crippen molar-refractivity contribution in [3.8, 4) is 6.07 Å². The molecule has 0 heterocycles. The Morgan fingerprint density at radius 1 is 1.23 bits per heavy atom. The van der Waals surface area contributed by atoms with E-state index in [1.165, 1.54) is 30.5 Å². The Kier molecular flexibility index (Phi) is 6.12. The number of benzene rings is 2. The lowest BCUT2D eigenvalue weighted by atomic mass is 10.2. The van der Waals surface area contributed by atoms with E-state index < -0.39 is 11.9 Å². The van der Waals surface area contributed by atoms with Crippen molar-refractivity contribution in [2.45, 2.75) is 13.8 Å². The molecule has 2 aromatic rings. The summed E-state index contributed by atoms with van der Waals surface area (Å²) in [6.07, 6.45) is 1.51. The highest BCUT2D eigenvalue weighted by molar-refractivity contribution is 6.07. The average Bonchev–Trinajstić information content (AvgIpc) is 2.63. The van der Waals surface area contributed by atoms with Crippen molar-refractivity contribution in [1.82, 2.24) is 0 Å². The minimum atomic E-state index is -1.04. The Balaban J connectivity index is 2.20. The average molecular weight is 349 g/mol. The molecule has 0 spiro atoms. The number of aromatic carboxylic acids is 1. The number of hydrogen-bond donors (Lipinski definition) is 2. The summed E-state index contributed by atoms with van der Waals surface area (Å²) >= 11 is 0. The van der Waals surface area contributed by atoms with E-state index in [1.807, 2.05) is 49.1 Å². The molecule has 6 nitrogen and oxygen atoms in total. The van der Waals surface area contributed by atoms with Crippen LogP contribution in [0, 0.1) is 18.3 Å². The van der Waals surface area contributed by atoms with Crippen LogP contribution in [0.1, 0.15) is 22.8 Å². The van der Waals surface area contributed by atoms with Gasteiger partial charge in [0.25, 0.3) is 5.91 Å². The first-order valence-electron chi connectivity index (χ1n) is 8.04. The number of carbonyl (C=O) groups is 2. The molecule has 0 unspecified atom stereocenters. The van der Waals surface area contributed by atoms with E-state index in [1.54, 1.807) is 0 Å². The molecule has 0 atom stereocenters. The van der Waals surface area contributed by atoms with Crippen LogP contribution in [0.3, 0.4) is 0 Å². The SMILES string of the molecule is CCN(/C=C(/C#N)C(=O)Nc1ccc(C(=O)O)cc1)c1cccc(C)c1. The second-order valence-electron chi connectivity index (χ2n) is 5.62. The Morgan fingerprint density at radius 2 is 1.92 bits per heavy atom. The molecule has 2 rings (SSSR count). The van der Waals surface area contributed by atoms with Crippen molar-refractivity contribution < 1.29 is 14.7 Å². The van der Waals surface area contributed by atoms with Gasteiger partial charge in [0.15, 0.2) is 0 Å². The van der Waals surface area contributed by atoms with Crippen LogP contribution in [0.25, 0.3) is 0 Å². The zero-order chi connectivity index (χ0) is 19.1. The molecule has 0 fully saturated rings. The second-order valence-corrected chi connectivity index (χ2v) is 5.62. The topological polar surface area (TPSA) is 93.4 Å². The second kappa shape index (κ2) is 8.49. The van der Waals surface area contributed by atoms with Gasteiger partial charge in [-0.25, -0.2) is 4.79 Å². The van der Waals surface area contributed by atoms with Gasteiger partial charge in [-0.15, -0.1) is 0 Å². The number of carboxylic acid groups (broad SMARTS) is 1. The monoisotopic (exact) mass is 349 g/mol. The number of carbonyl (C=O) groups excluding carboxylic acids is 1. The van der Waals surface area contributed by atoms with E-state index in [-0.39, 0.29) is 11.1 Å². The number of amides is 1. The number of hydrogen-bond acceptors (Lipinski definition) is 4. The summed E-state index contributed by atoms with van der Waals surface area (Å²) in [4.78, 5) is 25.0. The molecule has 0 aromatic heterocycles. The summed E-state index contributed by atoms with van der Waals surface area (Å²) in [5, 5.41) is 20.8. The van der Waals surface area contributed by atoms with Gasteiger partial charge in [0.2, 0.25) is 0 Å². The van der Waals surface area contributed by atoms with Gasteiger partial charge in [0.05, 0.1) is 5.56 Å². The molecular weight excluding hydrogens is 330 g/mol. The summed E-state index contributed by atoms with van der Waals surface area (Å²) in [5.74, 6) is -1.60. The van der Waals surface area contributed by atoms with Gasteiger partial charge in [0.1, 0.15) is 11.6 Å². The van der Waals surface area contributed by atoms with Crippen LogP contribution in [0.5, 0.6) is 0 Å². The Hall–Kier alpha value is -3.59. The molecule has 0 saturated carbocycles. The van der Waals surface area contributed by atoms with Gasteiger partial charge in [-0.2, -0.15) is 5.26 Å². The van der Waals surface area contributed by atoms with Gasteiger partial charge in [-0.1, -0.05) is 12.1 Å². The van der Waals surface area contributed by atoms with Crippen molar-refractivity contribution in [2.24, 2.45) is 0 Å². The van der Waals surface area contributed by atoms with Crippen LogP contribution in [-0.4, -0.2) is 23.5 Å². The fraction of sp³-hybridized carbons (Fsp3) is 0.150. The first-order chi connectivity index (χ1) is 12.4. The Morgan fingerprint density at radius 3 is 2.46 bits per heavy atom. The maximum Gasteiger partial charge on any atom is 0.335 e. The normalized spacial score (nSPS) is 10.7. The lowest BCUT2D eigenvalue weighted by molar-refractivity contribution is -0.112. The van der Waals surface area contributed by atoms with Gasteiger partial charge < -0.3 is 15.3 Å². The zero-order valence-electron chi connectivity index (χ0n) is 14.6. The molecule has 2 N–H and O–H groups in total. The highest BCUT2D eigenvalue weighted by Gasteiger charge is 2.13. The van der Waals surface area contributed by atoms with Crippen LogP contribution >= 0.6 is 0 Å². The lowest BCUT2D eigenvalue weighted by Gasteiger charge is -2.19. The maximum atomic E-state index is 12.4. The lowest BCUT2D eigenvalue weighted by Crippen LogP contribution is -2.20. The number of nitriles is 1. The van der Waals surface area contributed by atoms with Crippen LogP contribution < -0.4 is 10.2 Å². The predicted octanol–water partition coefficient (Wildman–Crippen LogP) is 3.57. The summed E-state index contributed by atoms with van der Waals surface area (Å²) < 4.78 is 0. The first-order valence-corrected chi connectivity index (χ1v) is 8.04. The zero-order valence-corrected chi connectivity index (χ0v) is 14.6. The van der Waals surface area contributed by atoms with Crippen LogP contribution in [0.4, 0.5) is 11.4 Å². The molecule has 132 valence electrons. The molecular formula is C20H19N3O3. The number of carboxylic acids is 1. The molecule has 0 bridgehead atoms. The summed E-state index contributed by atoms with van der Waals surface area (Å²) in [7, 11) is 0. The molecule has 0 saturated heterocycles. The molecule has 0 aliphatic carbocycles. The van der Waals surface area contributed by atoms with E-state index in [0.29, 0.717) is 12.2 Å². The molecule has 26 heavy (non-hydrogen) atoms. The number of rotatable bonds is 6. The van der Waals surface area contributed by atoms with Crippen molar-refractivity contribution >= 4 is 23.3 Å². The summed E-state index contributed by atoms with van der Waals surface area (Å²) in [5.41, 5.74) is 2.46. The van der Waals surface area contributed by atoms with Crippen LogP contribution in [-0.2, 0) is 4.79 Å². The number of aryl methyl sites for hydroxylation is 1. The fourth-order valence-corrected chi connectivity index (χ4v) is 2.34. The largest absolute Gasteiger partial charge is 0.478 e. The molecule has 6 heteroatoms. The van der Waals surface area contributed by atoms with Crippen molar-refractivity contribution in [3.63, 3.8) is 0 Å². The van der Waals surface area contributed by atoms with Crippen molar-refractivity contribution in [3.05, 3.63) is 71.4 Å². The van der Waals surface area contributed by atoms with E-state index >= 15 is 0 Å². The van der Waals surface area contributed by atoms with Crippen molar-refractivity contribution in [2.75, 3.05) is 16.8 Å². The third kappa shape index (κ3) is 4.71. The summed E-state index contributed by atoms with van der Waals surface area (Å²) in [6.45, 7) is 4.49. The standard InChI is InChI=1S/C20H19N3O3/c1-3-23(18-6-4-5-14(2)11-18)13-16(12-21)19(24)22-17-9-7-15(8-10-17)20(25)26/h4-11,13H,3H2,1-2H3,(H,22,24)(H,25,26)/b16-13-. The Labute approximate surface area is 152 Å². The predicted molar refractivity (Wildman–Crippen MR) is 99.9 cm³/mol. The molecule has 0 aliphatic rings. The van der Waals surface area contributed by atoms with Crippen molar-refractivity contribution in [1.29, 1.82) is 5.26 Å². The number of nitrogens with zero attached hydrogens (tertiary/aromatic N) is 2. The van der Waals surface area contributed by atoms with E-state index in [4.69, 9.17) is 5.11 Å². The molecule has 0 radical (unpaired) electrons. The smallest absolute Gasteiger partial charge is 0.335 e. The third-order valence-electron chi connectivity index (χ3n) is 3.71. The van der Waals surface area contributed by atoms with E-state index in [0.717, 1.165) is 11.3 Å². The molecule has 1 amide bonds. The van der Waals surface area contributed by atoms with E-state index in [2.05, 4.69) is 5.32 Å². The maximum absolute atomic E-state index is 12.4. The first kappa shape index (κ1) is 18.7. The van der Waals surface area contributed by atoms with Crippen LogP contribution in [0.2, 0.25) is 0 Å². The molecule has 2 aromatic carbocycles. The minimum absolute atomic E-state index is 0.0457. The fourth-order valence-electron chi connectivity index (χ4n) is 2.34. The highest BCUT2D eigenvalue weighted by Crippen LogP contribution is 2.18. The third-order valence-corrected chi connectivity index (χ3v) is 3.71. The Bertz CT molecular complexity index is 880. The number of anilines is 2. The van der Waals surface area contributed by atoms with Gasteiger partial charge >= 0.3 is 5.97 Å². The number of nitrogens with one attached hydrogen (secondary N) is 1. The van der Waals surface area contributed by atoms with Gasteiger partial charge in [0, 0.05) is 24.1 Å². The van der Waals surface area contributed by atoms with Gasteiger partial charge in [-0.05, 0) is 55.8 Å². The van der Waals surface area contributed by atoms with E-state index in [9.17, 15) is 14.9 Å². The quantitative estimate of drug-likeness (QED) is 0.614.